The van der Waals surface area contributed by atoms with Gasteiger partial charge in [0.15, 0.2) is 0 Å². The van der Waals surface area contributed by atoms with Gasteiger partial charge in [-0.3, -0.25) is 9.59 Å². The van der Waals surface area contributed by atoms with Crippen LogP contribution in [-0.4, -0.2) is 11.8 Å². The maximum atomic E-state index is 12.8. The normalized spacial score (nSPS) is 36.3. The molecule has 0 aliphatic heterocycles. The minimum Gasteiger partial charge on any atom is -0.369 e. The highest BCUT2D eigenvalue weighted by Crippen LogP contribution is 2.57. The molecule has 0 heterocycles. The topological polar surface area (TPSA) is 86.2 Å². The van der Waals surface area contributed by atoms with E-state index in [1.165, 1.54) is 51.4 Å². The van der Waals surface area contributed by atoms with Crippen LogP contribution < -0.4 is 11.5 Å². The maximum Gasteiger partial charge on any atom is 0.224 e. The number of carbonyl (C=O) groups excluding carboxylic acids is 2. The molecule has 3 aliphatic carbocycles. The Bertz CT molecular complexity index is 466. The summed E-state index contributed by atoms with van der Waals surface area (Å²) in [7, 11) is 0. The van der Waals surface area contributed by atoms with Gasteiger partial charge >= 0.3 is 0 Å². The number of hydrogen-bond donors (Lipinski definition) is 2. The molecule has 0 aromatic rings. The van der Waals surface area contributed by atoms with E-state index in [1.807, 2.05) is 0 Å². The van der Waals surface area contributed by atoms with Crippen molar-refractivity contribution in [3.05, 3.63) is 0 Å². The van der Waals surface area contributed by atoms with Crippen LogP contribution in [0.4, 0.5) is 0 Å². The van der Waals surface area contributed by atoms with E-state index in [1.54, 1.807) is 0 Å². The van der Waals surface area contributed by atoms with Crippen molar-refractivity contribution >= 4 is 11.8 Å². The van der Waals surface area contributed by atoms with Crippen LogP contribution in [0, 0.1) is 29.1 Å². The fourth-order valence-corrected chi connectivity index (χ4v) is 6.27. The maximum absolute atomic E-state index is 12.8. The molecule has 3 atom stereocenters. The van der Waals surface area contributed by atoms with Crippen molar-refractivity contribution in [1.82, 2.24) is 0 Å². The molecule has 3 aliphatic rings. The predicted octanol–water partition coefficient (Wildman–Crippen LogP) is 3.52. The summed E-state index contributed by atoms with van der Waals surface area (Å²) in [5, 5.41) is 0. The van der Waals surface area contributed by atoms with E-state index >= 15 is 0 Å². The molecule has 0 aromatic heterocycles. The van der Waals surface area contributed by atoms with Gasteiger partial charge in [0.2, 0.25) is 11.8 Å². The van der Waals surface area contributed by atoms with Crippen LogP contribution in [0.3, 0.4) is 0 Å². The first-order valence-corrected chi connectivity index (χ1v) is 10.1. The zero-order valence-corrected chi connectivity index (χ0v) is 15.0. The van der Waals surface area contributed by atoms with E-state index in [2.05, 4.69) is 0 Å². The van der Waals surface area contributed by atoms with Gasteiger partial charge < -0.3 is 11.5 Å². The Balaban J connectivity index is 1.92. The first-order chi connectivity index (χ1) is 11.6. The van der Waals surface area contributed by atoms with E-state index < -0.39 is 0 Å². The number of carbonyl (C=O) groups is 2. The van der Waals surface area contributed by atoms with Gasteiger partial charge in [-0.1, -0.05) is 51.4 Å². The second-order valence-electron chi connectivity index (χ2n) is 8.62. The quantitative estimate of drug-likeness (QED) is 0.824. The van der Waals surface area contributed by atoms with E-state index in [4.69, 9.17) is 11.5 Å². The summed E-state index contributed by atoms with van der Waals surface area (Å²) in [6.45, 7) is 0. The van der Waals surface area contributed by atoms with Crippen LogP contribution >= 0.6 is 0 Å². The minimum atomic E-state index is -0.381. The molecular formula is C20H34N2O2. The lowest BCUT2D eigenvalue weighted by Gasteiger charge is -2.53. The van der Waals surface area contributed by atoms with E-state index in [-0.39, 0.29) is 29.1 Å². The molecule has 3 fully saturated rings. The monoisotopic (exact) mass is 334 g/mol. The largest absolute Gasteiger partial charge is 0.369 e. The summed E-state index contributed by atoms with van der Waals surface area (Å²) in [5.41, 5.74) is 11.4. The molecule has 3 rings (SSSR count). The number of amides is 2. The Morgan fingerprint density at radius 3 is 1.92 bits per heavy atom. The average Bonchev–Trinajstić information content (AvgIpc) is 2.62. The van der Waals surface area contributed by atoms with Crippen LogP contribution in [-0.2, 0) is 9.59 Å². The third-order valence-corrected chi connectivity index (χ3v) is 7.52. The predicted molar refractivity (Wildman–Crippen MR) is 94.8 cm³/mol. The summed E-state index contributed by atoms with van der Waals surface area (Å²) in [5.74, 6) is 0.905. The lowest BCUT2D eigenvalue weighted by molar-refractivity contribution is -0.148. The number of nitrogens with two attached hydrogens (primary N) is 2. The smallest absolute Gasteiger partial charge is 0.224 e. The molecule has 4 heteroatoms. The van der Waals surface area contributed by atoms with Gasteiger partial charge in [-0.2, -0.15) is 0 Å². The van der Waals surface area contributed by atoms with Gasteiger partial charge in [0.25, 0.3) is 0 Å². The Hall–Kier alpha value is -1.06. The summed E-state index contributed by atoms with van der Waals surface area (Å²) in [6.07, 6.45) is 14.5. The molecule has 3 saturated carbocycles. The molecule has 0 bridgehead atoms. The van der Waals surface area contributed by atoms with Crippen LogP contribution in [0.2, 0.25) is 0 Å². The van der Waals surface area contributed by atoms with Crippen molar-refractivity contribution in [2.75, 3.05) is 0 Å². The Morgan fingerprint density at radius 2 is 1.38 bits per heavy atom. The van der Waals surface area contributed by atoms with Crippen molar-refractivity contribution in [1.29, 1.82) is 0 Å². The van der Waals surface area contributed by atoms with Crippen molar-refractivity contribution in [2.45, 2.75) is 83.5 Å². The highest BCUT2D eigenvalue weighted by molar-refractivity contribution is 5.83. The third kappa shape index (κ3) is 3.21. The minimum absolute atomic E-state index is 0.0620. The van der Waals surface area contributed by atoms with Crippen LogP contribution in [0.25, 0.3) is 0 Å². The number of rotatable bonds is 4. The highest BCUT2D eigenvalue weighted by atomic mass is 16.1. The summed E-state index contributed by atoms with van der Waals surface area (Å²) in [6, 6.07) is 0. The summed E-state index contributed by atoms with van der Waals surface area (Å²) < 4.78 is 0. The van der Waals surface area contributed by atoms with Crippen LogP contribution in [0.1, 0.15) is 83.5 Å². The van der Waals surface area contributed by atoms with Crippen molar-refractivity contribution < 1.29 is 9.59 Å². The summed E-state index contributed by atoms with van der Waals surface area (Å²) >= 11 is 0. The zero-order valence-electron chi connectivity index (χ0n) is 15.0. The zero-order chi connectivity index (χ0) is 17.2. The van der Waals surface area contributed by atoms with Crippen molar-refractivity contribution in [2.24, 2.45) is 40.6 Å². The lowest BCUT2D eigenvalue weighted by atomic mass is 9.50. The fraction of sp³-hybridized carbons (Fsp3) is 0.900. The molecule has 24 heavy (non-hydrogen) atoms. The molecule has 4 N–H and O–H groups in total. The molecule has 0 spiro atoms. The molecule has 0 radical (unpaired) electrons. The summed E-state index contributed by atoms with van der Waals surface area (Å²) in [4.78, 5) is 24.7. The first-order valence-electron chi connectivity index (χ1n) is 10.1. The molecule has 136 valence electrons. The number of hydrogen-bond acceptors (Lipinski definition) is 2. The van der Waals surface area contributed by atoms with Gasteiger partial charge in [0, 0.05) is 5.92 Å². The third-order valence-electron chi connectivity index (χ3n) is 7.52. The first kappa shape index (κ1) is 17.8. The van der Waals surface area contributed by atoms with Crippen LogP contribution in [0.15, 0.2) is 0 Å². The molecule has 0 saturated heterocycles. The Morgan fingerprint density at radius 1 is 0.792 bits per heavy atom. The Labute approximate surface area is 146 Å². The van der Waals surface area contributed by atoms with Crippen LogP contribution in [0.5, 0.6) is 0 Å². The number of primary amides is 2. The highest BCUT2D eigenvalue weighted by Gasteiger charge is 2.55. The van der Waals surface area contributed by atoms with E-state index in [9.17, 15) is 9.59 Å². The van der Waals surface area contributed by atoms with Crippen molar-refractivity contribution in [3.63, 3.8) is 0 Å². The van der Waals surface area contributed by atoms with Gasteiger partial charge in [0.05, 0.1) is 5.41 Å². The fourth-order valence-electron chi connectivity index (χ4n) is 6.27. The molecule has 4 nitrogen and oxygen atoms in total. The second kappa shape index (κ2) is 7.45. The Kier molecular flexibility index (Phi) is 5.51. The van der Waals surface area contributed by atoms with Crippen molar-refractivity contribution in [3.8, 4) is 0 Å². The molecular weight excluding hydrogens is 300 g/mol. The van der Waals surface area contributed by atoms with Gasteiger partial charge in [-0.25, -0.2) is 0 Å². The van der Waals surface area contributed by atoms with Gasteiger partial charge in [-0.15, -0.1) is 0 Å². The lowest BCUT2D eigenvalue weighted by Crippen LogP contribution is -2.55. The molecule has 0 aromatic carbocycles. The van der Waals surface area contributed by atoms with E-state index in [0.29, 0.717) is 11.8 Å². The molecule has 3 unspecified atom stereocenters. The van der Waals surface area contributed by atoms with Gasteiger partial charge in [0.1, 0.15) is 0 Å². The SMILES string of the molecule is NC(=O)C1CCC(C(N)=O)(C2CCCCC2)C(C2CCCCC2)C1. The average molecular weight is 335 g/mol. The second-order valence-corrected chi connectivity index (χ2v) is 8.62. The van der Waals surface area contributed by atoms with Gasteiger partial charge in [-0.05, 0) is 49.9 Å². The van der Waals surface area contributed by atoms with E-state index in [0.717, 1.165) is 32.1 Å². The molecule has 2 amide bonds. The standard InChI is InChI=1S/C20H34N2O2/c21-18(23)15-11-12-20(19(22)24,16-9-5-2-6-10-16)17(13-15)14-7-3-1-4-8-14/h14-17H,1-13H2,(H2,21,23)(H2,22,24).